The number of nitrogens with one attached hydrogen (secondary N) is 1. The fourth-order valence-electron chi connectivity index (χ4n) is 2.63. The number of hydrazone groups is 1. The summed E-state index contributed by atoms with van der Waals surface area (Å²) in [4.78, 5) is 4.47. The van der Waals surface area contributed by atoms with E-state index in [1.165, 1.54) is 5.56 Å². The summed E-state index contributed by atoms with van der Waals surface area (Å²) >= 11 is 0. The maximum absolute atomic E-state index is 4.47. The molecule has 0 aliphatic rings. The van der Waals surface area contributed by atoms with Crippen LogP contribution in [0.5, 0.6) is 0 Å². The van der Waals surface area contributed by atoms with Crippen LogP contribution < -0.4 is 5.43 Å². The average molecular weight is 357 g/mol. The standard InChI is InChI=1S/C22H23N5/c1-17(2)15-19-10-12-20(13-11-19)21-16-24-27-22(25-21)26-23-14-6-9-18-7-4-3-5-8-18/h3-14,16-17H,15H2,1-2H3,(H,25,26,27)/b9-6+,23-14+. The molecule has 1 aromatic heterocycles. The van der Waals surface area contributed by atoms with E-state index < -0.39 is 0 Å². The Balaban J connectivity index is 1.61. The van der Waals surface area contributed by atoms with E-state index in [0.717, 1.165) is 23.2 Å². The van der Waals surface area contributed by atoms with Crippen LogP contribution in [-0.2, 0) is 6.42 Å². The van der Waals surface area contributed by atoms with Gasteiger partial charge in [-0.25, -0.2) is 10.4 Å². The van der Waals surface area contributed by atoms with Gasteiger partial charge in [-0.15, -0.1) is 5.10 Å². The molecule has 0 spiro atoms. The Bertz CT molecular complexity index is 900. The molecule has 5 nitrogen and oxygen atoms in total. The number of hydrogen-bond acceptors (Lipinski definition) is 5. The van der Waals surface area contributed by atoms with E-state index >= 15 is 0 Å². The molecule has 0 bridgehead atoms. The van der Waals surface area contributed by atoms with Gasteiger partial charge in [-0.3, -0.25) is 0 Å². The van der Waals surface area contributed by atoms with Crippen molar-refractivity contribution in [2.75, 3.05) is 5.43 Å². The first-order valence-corrected chi connectivity index (χ1v) is 9.00. The molecule has 1 N–H and O–H groups in total. The molecule has 1 heterocycles. The number of hydrogen-bond donors (Lipinski definition) is 1. The van der Waals surface area contributed by atoms with Gasteiger partial charge < -0.3 is 0 Å². The molecule has 27 heavy (non-hydrogen) atoms. The van der Waals surface area contributed by atoms with Crippen LogP contribution in [-0.4, -0.2) is 21.4 Å². The van der Waals surface area contributed by atoms with Gasteiger partial charge in [0.25, 0.3) is 5.95 Å². The molecule has 0 aliphatic heterocycles. The number of anilines is 1. The molecule has 3 aromatic rings. The zero-order valence-electron chi connectivity index (χ0n) is 15.6. The highest BCUT2D eigenvalue weighted by Gasteiger charge is 2.04. The van der Waals surface area contributed by atoms with Crippen LogP contribution in [0.2, 0.25) is 0 Å². The van der Waals surface area contributed by atoms with Crippen LogP contribution in [0.25, 0.3) is 17.3 Å². The van der Waals surface area contributed by atoms with Gasteiger partial charge in [-0.2, -0.15) is 10.2 Å². The molecule has 0 aliphatic carbocycles. The van der Waals surface area contributed by atoms with Gasteiger partial charge in [0.1, 0.15) is 0 Å². The predicted molar refractivity (Wildman–Crippen MR) is 111 cm³/mol. The van der Waals surface area contributed by atoms with Crippen LogP contribution in [0, 0.1) is 5.92 Å². The van der Waals surface area contributed by atoms with Crippen molar-refractivity contribution in [1.82, 2.24) is 15.2 Å². The molecule has 0 amide bonds. The maximum Gasteiger partial charge on any atom is 0.263 e. The topological polar surface area (TPSA) is 63.1 Å². The maximum atomic E-state index is 4.47. The highest BCUT2D eigenvalue weighted by atomic mass is 15.4. The van der Waals surface area contributed by atoms with Gasteiger partial charge in [0, 0.05) is 11.8 Å². The minimum atomic E-state index is 0.364. The van der Waals surface area contributed by atoms with Crippen LogP contribution in [0.1, 0.15) is 25.0 Å². The quantitative estimate of drug-likeness (QED) is 0.485. The highest BCUT2D eigenvalue weighted by molar-refractivity contribution is 5.78. The molecule has 2 aromatic carbocycles. The van der Waals surface area contributed by atoms with E-state index in [1.54, 1.807) is 12.4 Å². The predicted octanol–water partition coefficient (Wildman–Crippen LogP) is 4.85. The Morgan fingerprint density at radius 3 is 2.56 bits per heavy atom. The number of benzene rings is 2. The Labute approximate surface area is 159 Å². The van der Waals surface area contributed by atoms with E-state index in [1.807, 2.05) is 42.5 Å². The highest BCUT2D eigenvalue weighted by Crippen LogP contribution is 2.18. The summed E-state index contributed by atoms with van der Waals surface area (Å²) in [7, 11) is 0. The zero-order chi connectivity index (χ0) is 18.9. The minimum Gasteiger partial charge on any atom is -0.244 e. The van der Waals surface area contributed by atoms with Crippen LogP contribution in [0.4, 0.5) is 5.95 Å². The summed E-state index contributed by atoms with van der Waals surface area (Å²) in [6.07, 6.45) is 8.21. The first-order chi connectivity index (χ1) is 13.2. The monoisotopic (exact) mass is 357 g/mol. The molecule has 0 unspecified atom stereocenters. The summed E-state index contributed by atoms with van der Waals surface area (Å²) in [5.41, 5.74) is 7.02. The molecule has 0 saturated heterocycles. The van der Waals surface area contributed by atoms with E-state index in [0.29, 0.717) is 11.9 Å². The van der Waals surface area contributed by atoms with Gasteiger partial charge in [-0.05, 0) is 29.5 Å². The van der Waals surface area contributed by atoms with Gasteiger partial charge in [0.05, 0.1) is 11.9 Å². The smallest absolute Gasteiger partial charge is 0.244 e. The summed E-state index contributed by atoms with van der Waals surface area (Å²) in [6, 6.07) is 18.4. The SMILES string of the molecule is CC(C)Cc1ccc(-c2cnnc(N/N=C/C=C/c3ccccc3)n2)cc1. The largest absolute Gasteiger partial charge is 0.263 e. The van der Waals surface area contributed by atoms with Crippen molar-refractivity contribution >= 4 is 18.2 Å². The van der Waals surface area contributed by atoms with Gasteiger partial charge >= 0.3 is 0 Å². The van der Waals surface area contributed by atoms with Gasteiger partial charge in [-0.1, -0.05) is 74.5 Å². The Kier molecular flexibility index (Phi) is 6.41. The van der Waals surface area contributed by atoms with Crippen molar-refractivity contribution in [3.05, 3.63) is 78.0 Å². The van der Waals surface area contributed by atoms with Crippen LogP contribution in [0.15, 0.2) is 72.0 Å². The van der Waals surface area contributed by atoms with Crippen molar-refractivity contribution in [1.29, 1.82) is 0 Å². The first kappa shape index (κ1) is 18.5. The van der Waals surface area contributed by atoms with Crippen LogP contribution >= 0.6 is 0 Å². The fraction of sp³-hybridized carbons (Fsp3) is 0.182. The molecule has 0 saturated carbocycles. The summed E-state index contributed by atoms with van der Waals surface area (Å²) in [5.74, 6) is 1.00. The summed E-state index contributed by atoms with van der Waals surface area (Å²) < 4.78 is 0. The van der Waals surface area contributed by atoms with E-state index in [9.17, 15) is 0 Å². The number of nitrogens with zero attached hydrogens (tertiary/aromatic N) is 4. The third kappa shape index (κ3) is 5.85. The molecule has 5 heteroatoms. The molecule has 0 radical (unpaired) electrons. The van der Waals surface area contributed by atoms with Crippen molar-refractivity contribution in [3.8, 4) is 11.3 Å². The molecule has 3 rings (SSSR count). The molecule has 0 fully saturated rings. The second-order valence-electron chi connectivity index (χ2n) is 6.62. The molecular formula is C22H23N5. The van der Waals surface area contributed by atoms with Crippen molar-refractivity contribution in [2.45, 2.75) is 20.3 Å². The lowest BCUT2D eigenvalue weighted by Crippen LogP contribution is -1.99. The third-order valence-electron chi connectivity index (χ3n) is 3.87. The van der Waals surface area contributed by atoms with Crippen molar-refractivity contribution in [2.24, 2.45) is 11.0 Å². The molecule has 136 valence electrons. The zero-order valence-corrected chi connectivity index (χ0v) is 15.6. The number of aromatic nitrogens is 3. The first-order valence-electron chi connectivity index (χ1n) is 9.00. The van der Waals surface area contributed by atoms with Crippen molar-refractivity contribution in [3.63, 3.8) is 0 Å². The van der Waals surface area contributed by atoms with Gasteiger partial charge in [0.2, 0.25) is 0 Å². The van der Waals surface area contributed by atoms with E-state index in [-0.39, 0.29) is 0 Å². The Hall–Kier alpha value is -3.34. The second kappa shape index (κ2) is 9.38. The van der Waals surface area contributed by atoms with Crippen molar-refractivity contribution < 1.29 is 0 Å². The Morgan fingerprint density at radius 2 is 1.81 bits per heavy atom. The normalized spacial score (nSPS) is 11.5. The summed E-state index contributed by atoms with van der Waals surface area (Å²) in [6.45, 7) is 4.44. The lowest BCUT2D eigenvalue weighted by atomic mass is 10.0. The lowest BCUT2D eigenvalue weighted by Gasteiger charge is -2.06. The number of rotatable bonds is 7. The lowest BCUT2D eigenvalue weighted by molar-refractivity contribution is 0.647. The average Bonchev–Trinajstić information content (AvgIpc) is 2.69. The Morgan fingerprint density at radius 1 is 1.04 bits per heavy atom. The van der Waals surface area contributed by atoms with Crippen LogP contribution in [0.3, 0.4) is 0 Å². The van der Waals surface area contributed by atoms with Gasteiger partial charge in [0.15, 0.2) is 0 Å². The summed E-state index contributed by atoms with van der Waals surface area (Å²) in [5, 5.41) is 12.1. The third-order valence-corrected chi connectivity index (χ3v) is 3.87. The number of allylic oxidation sites excluding steroid dienone is 1. The van der Waals surface area contributed by atoms with E-state index in [4.69, 9.17) is 0 Å². The molecule has 0 atom stereocenters. The van der Waals surface area contributed by atoms with E-state index in [2.05, 4.69) is 63.8 Å². The fourth-order valence-corrected chi connectivity index (χ4v) is 2.63. The minimum absolute atomic E-state index is 0.364. The molecular weight excluding hydrogens is 334 g/mol. The second-order valence-corrected chi connectivity index (χ2v) is 6.62.